The lowest BCUT2D eigenvalue weighted by molar-refractivity contribution is 0.825. The van der Waals surface area contributed by atoms with Crippen molar-refractivity contribution in [1.82, 2.24) is 0 Å². The highest BCUT2D eigenvalue weighted by atomic mass is 15.4. The van der Waals surface area contributed by atoms with Crippen molar-refractivity contribution in [2.24, 2.45) is 0 Å². The van der Waals surface area contributed by atoms with Crippen LogP contribution in [0.25, 0.3) is 0 Å². The molecule has 1 aliphatic heterocycles. The first-order valence-electron chi connectivity index (χ1n) is 8.90. The molecule has 0 saturated carbocycles. The van der Waals surface area contributed by atoms with E-state index in [1.54, 1.807) is 0 Å². The van der Waals surface area contributed by atoms with E-state index in [0.717, 1.165) is 28.3 Å². The van der Waals surface area contributed by atoms with E-state index < -0.39 is 0 Å². The standard InChI is InChI=1S/C24H21N3/c1-18-23(20-12-6-3-7-13-20)19(2)27(22-16-10-5-11-17-22)24(25)26(18)21-14-8-4-9-15-21/h3-17,23,25H,1-2H2. The monoisotopic (exact) mass is 351 g/mol. The predicted molar refractivity (Wildman–Crippen MR) is 113 cm³/mol. The van der Waals surface area contributed by atoms with E-state index in [1.807, 2.05) is 88.7 Å². The molecule has 3 nitrogen and oxygen atoms in total. The van der Waals surface area contributed by atoms with E-state index in [2.05, 4.69) is 25.3 Å². The first kappa shape index (κ1) is 16.9. The highest BCUT2D eigenvalue weighted by Crippen LogP contribution is 2.42. The third-order valence-corrected chi connectivity index (χ3v) is 4.83. The van der Waals surface area contributed by atoms with Crippen molar-refractivity contribution < 1.29 is 0 Å². The Bertz CT molecular complexity index is 828. The number of nitrogens with one attached hydrogen (secondary N) is 1. The molecule has 27 heavy (non-hydrogen) atoms. The summed E-state index contributed by atoms with van der Waals surface area (Å²) in [6, 6.07) is 30.1. The van der Waals surface area contributed by atoms with E-state index in [9.17, 15) is 0 Å². The van der Waals surface area contributed by atoms with Crippen molar-refractivity contribution in [2.45, 2.75) is 5.92 Å². The maximum atomic E-state index is 8.92. The van der Waals surface area contributed by atoms with Crippen LogP contribution in [0.1, 0.15) is 11.5 Å². The molecule has 1 N–H and O–H groups in total. The van der Waals surface area contributed by atoms with Gasteiger partial charge in [0.15, 0.2) is 0 Å². The first-order valence-corrected chi connectivity index (χ1v) is 8.90. The fraction of sp³-hybridized carbons (Fsp3) is 0.0417. The van der Waals surface area contributed by atoms with Crippen LogP contribution in [0.5, 0.6) is 0 Å². The van der Waals surface area contributed by atoms with E-state index in [1.165, 1.54) is 0 Å². The molecular formula is C24H21N3. The van der Waals surface area contributed by atoms with Gasteiger partial charge in [-0.25, -0.2) is 0 Å². The lowest BCUT2D eigenvalue weighted by Crippen LogP contribution is -2.50. The van der Waals surface area contributed by atoms with Gasteiger partial charge < -0.3 is 0 Å². The summed E-state index contributed by atoms with van der Waals surface area (Å²) in [5, 5.41) is 8.92. The zero-order valence-electron chi connectivity index (χ0n) is 15.0. The minimum absolute atomic E-state index is 0.110. The average molecular weight is 351 g/mol. The van der Waals surface area contributed by atoms with Crippen molar-refractivity contribution in [3.63, 3.8) is 0 Å². The first-order chi connectivity index (χ1) is 13.2. The molecule has 0 aromatic heterocycles. The van der Waals surface area contributed by atoms with Gasteiger partial charge in [-0.05, 0) is 29.8 Å². The number of anilines is 2. The van der Waals surface area contributed by atoms with Crippen molar-refractivity contribution in [2.75, 3.05) is 9.80 Å². The highest BCUT2D eigenvalue weighted by molar-refractivity contribution is 6.11. The third kappa shape index (κ3) is 2.93. The molecule has 1 aliphatic rings. The molecule has 0 unspecified atom stereocenters. The number of guanidine groups is 1. The molecule has 4 rings (SSSR count). The second-order valence-corrected chi connectivity index (χ2v) is 6.49. The topological polar surface area (TPSA) is 30.3 Å². The van der Waals surface area contributed by atoms with Crippen LogP contribution < -0.4 is 9.80 Å². The predicted octanol–water partition coefficient (Wildman–Crippen LogP) is 5.76. The van der Waals surface area contributed by atoms with E-state index in [0.29, 0.717) is 5.96 Å². The number of rotatable bonds is 3. The highest BCUT2D eigenvalue weighted by Gasteiger charge is 2.38. The van der Waals surface area contributed by atoms with Gasteiger partial charge in [-0.15, -0.1) is 0 Å². The van der Waals surface area contributed by atoms with Crippen LogP contribution in [0.4, 0.5) is 11.4 Å². The van der Waals surface area contributed by atoms with Crippen molar-refractivity contribution in [1.29, 1.82) is 5.41 Å². The average Bonchev–Trinajstić information content (AvgIpc) is 2.70. The summed E-state index contributed by atoms with van der Waals surface area (Å²) in [6.45, 7) is 8.71. The fourth-order valence-electron chi connectivity index (χ4n) is 3.58. The zero-order valence-corrected chi connectivity index (χ0v) is 15.0. The summed E-state index contributed by atoms with van der Waals surface area (Å²) >= 11 is 0. The SMILES string of the molecule is C=C1C(c2ccccc2)C(=C)N(c2ccccc2)C(=N)N1c1ccccc1. The molecule has 0 spiro atoms. The lowest BCUT2D eigenvalue weighted by atomic mass is 9.89. The Balaban J connectivity index is 1.87. The summed E-state index contributed by atoms with van der Waals surface area (Å²) < 4.78 is 0. The third-order valence-electron chi connectivity index (χ3n) is 4.83. The molecule has 0 amide bonds. The number of hydrogen-bond acceptors (Lipinski definition) is 1. The minimum atomic E-state index is -0.110. The molecular weight excluding hydrogens is 330 g/mol. The zero-order chi connectivity index (χ0) is 18.8. The normalized spacial score (nSPS) is 17.3. The smallest absolute Gasteiger partial charge is 0.211 e. The van der Waals surface area contributed by atoms with Crippen molar-refractivity contribution in [3.8, 4) is 0 Å². The second-order valence-electron chi connectivity index (χ2n) is 6.49. The summed E-state index contributed by atoms with van der Waals surface area (Å²) in [7, 11) is 0. The molecule has 0 aliphatic carbocycles. The quantitative estimate of drug-likeness (QED) is 0.650. The fourth-order valence-corrected chi connectivity index (χ4v) is 3.58. The van der Waals surface area contributed by atoms with Gasteiger partial charge >= 0.3 is 0 Å². The van der Waals surface area contributed by atoms with Crippen LogP contribution in [0.15, 0.2) is 116 Å². The van der Waals surface area contributed by atoms with Gasteiger partial charge in [0.25, 0.3) is 0 Å². The van der Waals surface area contributed by atoms with E-state index in [4.69, 9.17) is 5.41 Å². The summed E-state index contributed by atoms with van der Waals surface area (Å²) in [5.41, 5.74) is 4.61. The Hall–Kier alpha value is -3.59. The van der Waals surface area contributed by atoms with E-state index in [-0.39, 0.29) is 5.92 Å². The van der Waals surface area contributed by atoms with Gasteiger partial charge in [-0.1, -0.05) is 79.9 Å². The maximum Gasteiger partial charge on any atom is 0.211 e. The molecule has 3 aromatic rings. The molecule has 0 atom stereocenters. The lowest BCUT2D eigenvalue weighted by Gasteiger charge is -2.45. The number of para-hydroxylation sites is 2. The van der Waals surface area contributed by atoms with Crippen LogP contribution in [0, 0.1) is 5.41 Å². The maximum absolute atomic E-state index is 8.92. The van der Waals surface area contributed by atoms with Gasteiger partial charge in [-0.3, -0.25) is 15.2 Å². The Morgan fingerprint density at radius 1 is 0.593 bits per heavy atom. The van der Waals surface area contributed by atoms with Crippen LogP contribution in [-0.2, 0) is 0 Å². The minimum Gasteiger partial charge on any atom is -0.284 e. The molecule has 0 radical (unpaired) electrons. The van der Waals surface area contributed by atoms with Gasteiger partial charge in [0, 0.05) is 22.8 Å². The van der Waals surface area contributed by atoms with Crippen molar-refractivity contribution >= 4 is 17.3 Å². The molecule has 0 bridgehead atoms. The van der Waals surface area contributed by atoms with Gasteiger partial charge in [0.2, 0.25) is 5.96 Å². The molecule has 3 aromatic carbocycles. The second kappa shape index (κ2) is 6.96. The largest absolute Gasteiger partial charge is 0.284 e. The van der Waals surface area contributed by atoms with Crippen LogP contribution in [0.3, 0.4) is 0 Å². The number of benzene rings is 3. The Labute approximate surface area is 160 Å². The van der Waals surface area contributed by atoms with Gasteiger partial charge in [0.05, 0.1) is 5.92 Å². The molecule has 3 heteroatoms. The molecule has 1 saturated heterocycles. The van der Waals surface area contributed by atoms with Crippen molar-refractivity contribution in [3.05, 3.63) is 121 Å². The van der Waals surface area contributed by atoms with Crippen LogP contribution in [0.2, 0.25) is 0 Å². The number of nitrogens with zero attached hydrogens (tertiary/aromatic N) is 2. The van der Waals surface area contributed by atoms with Gasteiger partial charge in [-0.2, -0.15) is 0 Å². The summed E-state index contributed by atoms with van der Waals surface area (Å²) in [6.07, 6.45) is 0. The molecule has 1 fully saturated rings. The Morgan fingerprint density at radius 2 is 0.963 bits per heavy atom. The molecule has 1 heterocycles. The van der Waals surface area contributed by atoms with E-state index >= 15 is 0 Å². The van der Waals surface area contributed by atoms with Crippen LogP contribution >= 0.6 is 0 Å². The summed E-state index contributed by atoms with van der Waals surface area (Å²) in [4.78, 5) is 3.80. The summed E-state index contributed by atoms with van der Waals surface area (Å²) in [5.74, 6) is 0.218. The molecule has 132 valence electrons. The van der Waals surface area contributed by atoms with Crippen LogP contribution in [-0.4, -0.2) is 5.96 Å². The Morgan fingerprint density at radius 3 is 1.37 bits per heavy atom. The number of hydrogen-bond donors (Lipinski definition) is 1. The Kier molecular flexibility index (Phi) is 4.35. The van der Waals surface area contributed by atoms with Gasteiger partial charge in [0.1, 0.15) is 0 Å².